The molecule has 1 saturated heterocycles. The van der Waals surface area contributed by atoms with Gasteiger partial charge in [-0.2, -0.15) is 0 Å². The Hall–Kier alpha value is -2.07. The van der Waals surface area contributed by atoms with Gasteiger partial charge < -0.3 is 15.1 Å². The molecule has 25 heavy (non-hydrogen) atoms. The fourth-order valence-corrected chi connectivity index (χ4v) is 3.62. The van der Waals surface area contributed by atoms with Crippen LogP contribution in [0.25, 0.3) is 0 Å². The maximum absolute atomic E-state index is 5.68. The van der Waals surface area contributed by atoms with Crippen LogP contribution < -0.4 is 10.2 Å². The first-order valence-corrected chi connectivity index (χ1v) is 9.32. The first-order valence-electron chi connectivity index (χ1n) is 8.91. The van der Waals surface area contributed by atoms with Crippen LogP contribution in [0.3, 0.4) is 0 Å². The molecule has 0 aromatic heterocycles. The number of nitrogens with zero attached hydrogens (tertiary/aromatic N) is 2. The Balaban J connectivity index is 1.65. The van der Waals surface area contributed by atoms with E-state index in [4.69, 9.17) is 12.2 Å². The number of rotatable bonds is 2. The first kappa shape index (κ1) is 17.7. The molecule has 1 aliphatic rings. The van der Waals surface area contributed by atoms with E-state index in [2.05, 4.69) is 85.3 Å². The predicted octanol–water partition coefficient (Wildman–Crippen LogP) is 4.52. The fourth-order valence-electron chi connectivity index (χ4n) is 3.34. The van der Waals surface area contributed by atoms with Gasteiger partial charge in [0.2, 0.25) is 0 Å². The van der Waals surface area contributed by atoms with Gasteiger partial charge in [0.05, 0.1) is 0 Å². The van der Waals surface area contributed by atoms with Crippen molar-refractivity contribution in [2.24, 2.45) is 0 Å². The van der Waals surface area contributed by atoms with Crippen LogP contribution in [0.1, 0.15) is 23.6 Å². The van der Waals surface area contributed by atoms with Gasteiger partial charge in [-0.25, -0.2) is 0 Å². The van der Waals surface area contributed by atoms with E-state index in [0.29, 0.717) is 6.04 Å². The van der Waals surface area contributed by atoms with E-state index in [1.54, 1.807) is 0 Å². The second kappa shape index (κ2) is 7.44. The van der Waals surface area contributed by atoms with Crippen LogP contribution in [0.2, 0.25) is 0 Å². The largest absolute Gasteiger partial charge is 0.365 e. The molecule has 1 heterocycles. The fraction of sp³-hybridized carbons (Fsp3) is 0.381. The van der Waals surface area contributed by atoms with Crippen LogP contribution >= 0.6 is 12.2 Å². The Morgan fingerprint density at radius 3 is 2.44 bits per heavy atom. The first-order chi connectivity index (χ1) is 12.0. The lowest BCUT2D eigenvalue weighted by Crippen LogP contribution is -2.54. The molecule has 2 aromatic rings. The molecule has 0 saturated carbocycles. The summed E-state index contributed by atoms with van der Waals surface area (Å²) in [7, 11) is 0. The maximum Gasteiger partial charge on any atom is 0.173 e. The minimum Gasteiger partial charge on any atom is -0.365 e. The Kier molecular flexibility index (Phi) is 5.28. The standard InChI is InChI=1S/C21H27N3S/c1-15-8-10-19(11-9-15)24-13-12-23(14-17(24)3)21(25)22-20-7-5-6-16(2)18(20)4/h5-11,17H,12-14H2,1-4H3,(H,22,25). The van der Waals surface area contributed by atoms with Gasteiger partial charge in [0.25, 0.3) is 0 Å². The van der Waals surface area contributed by atoms with Gasteiger partial charge in [-0.3, -0.25) is 0 Å². The zero-order valence-corrected chi connectivity index (χ0v) is 16.4. The molecular weight excluding hydrogens is 326 g/mol. The summed E-state index contributed by atoms with van der Waals surface area (Å²) in [5.41, 5.74) is 6.25. The Bertz CT molecular complexity index is 754. The second-order valence-electron chi connectivity index (χ2n) is 7.00. The topological polar surface area (TPSA) is 18.5 Å². The molecule has 1 unspecified atom stereocenters. The quantitative estimate of drug-likeness (QED) is 0.800. The van der Waals surface area contributed by atoms with Crippen molar-refractivity contribution in [2.45, 2.75) is 33.7 Å². The molecule has 3 nitrogen and oxygen atoms in total. The Labute approximate surface area is 156 Å². The zero-order valence-electron chi connectivity index (χ0n) is 15.5. The van der Waals surface area contributed by atoms with Crippen LogP contribution in [-0.2, 0) is 0 Å². The van der Waals surface area contributed by atoms with E-state index in [1.165, 1.54) is 22.4 Å². The van der Waals surface area contributed by atoms with E-state index < -0.39 is 0 Å². The number of hydrogen-bond donors (Lipinski definition) is 1. The van der Waals surface area contributed by atoms with Crippen molar-refractivity contribution in [2.75, 3.05) is 29.9 Å². The van der Waals surface area contributed by atoms with Gasteiger partial charge in [-0.15, -0.1) is 0 Å². The molecule has 3 rings (SSSR count). The molecule has 132 valence electrons. The van der Waals surface area contributed by atoms with Gasteiger partial charge >= 0.3 is 0 Å². The van der Waals surface area contributed by atoms with Gasteiger partial charge in [-0.1, -0.05) is 29.8 Å². The average Bonchev–Trinajstić information content (AvgIpc) is 2.60. The van der Waals surface area contributed by atoms with E-state index in [9.17, 15) is 0 Å². The summed E-state index contributed by atoms with van der Waals surface area (Å²) in [6, 6.07) is 15.5. The maximum atomic E-state index is 5.68. The summed E-state index contributed by atoms with van der Waals surface area (Å²) in [5, 5.41) is 4.27. The molecule has 1 fully saturated rings. The Morgan fingerprint density at radius 1 is 1.04 bits per heavy atom. The highest BCUT2D eigenvalue weighted by atomic mass is 32.1. The summed E-state index contributed by atoms with van der Waals surface area (Å²) in [6.45, 7) is 11.5. The number of anilines is 2. The van der Waals surface area contributed by atoms with Crippen molar-refractivity contribution in [3.8, 4) is 0 Å². The average molecular weight is 354 g/mol. The van der Waals surface area contributed by atoms with Crippen molar-refractivity contribution in [3.05, 3.63) is 59.2 Å². The second-order valence-corrected chi connectivity index (χ2v) is 7.39. The van der Waals surface area contributed by atoms with Gasteiger partial charge in [0.15, 0.2) is 5.11 Å². The van der Waals surface area contributed by atoms with Crippen molar-refractivity contribution in [3.63, 3.8) is 0 Å². The van der Waals surface area contributed by atoms with Crippen molar-refractivity contribution >= 4 is 28.7 Å². The third-order valence-electron chi connectivity index (χ3n) is 5.13. The summed E-state index contributed by atoms with van der Waals surface area (Å²) < 4.78 is 0. The number of thiocarbonyl (C=S) groups is 1. The van der Waals surface area contributed by atoms with E-state index in [1.807, 2.05) is 0 Å². The van der Waals surface area contributed by atoms with Crippen LogP contribution in [0, 0.1) is 20.8 Å². The Morgan fingerprint density at radius 2 is 1.76 bits per heavy atom. The summed E-state index contributed by atoms with van der Waals surface area (Å²) in [4.78, 5) is 4.75. The third-order valence-corrected chi connectivity index (χ3v) is 5.49. The van der Waals surface area contributed by atoms with Crippen LogP contribution in [0.4, 0.5) is 11.4 Å². The van der Waals surface area contributed by atoms with E-state index in [0.717, 1.165) is 30.4 Å². The molecule has 0 bridgehead atoms. The lowest BCUT2D eigenvalue weighted by molar-refractivity contribution is 0.342. The van der Waals surface area contributed by atoms with Crippen molar-refractivity contribution in [1.29, 1.82) is 0 Å². The molecule has 0 spiro atoms. The smallest absolute Gasteiger partial charge is 0.173 e. The summed E-state index contributed by atoms with van der Waals surface area (Å²) in [6.07, 6.45) is 0. The zero-order chi connectivity index (χ0) is 18.0. The van der Waals surface area contributed by atoms with Gasteiger partial charge in [0, 0.05) is 37.1 Å². The molecule has 1 atom stereocenters. The van der Waals surface area contributed by atoms with Crippen LogP contribution in [-0.4, -0.2) is 35.7 Å². The predicted molar refractivity (Wildman–Crippen MR) is 112 cm³/mol. The number of piperazine rings is 1. The summed E-state index contributed by atoms with van der Waals surface area (Å²) >= 11 is 5.68. The van der Waals surface area contributed by atoms with Crippen LogP contribution in [0.15, 0.2) is 42.5 Å². The highest BCUT2D eigenvalue weighted by Gasteiger charge is 2.25. The normalized spacial score (nSPS) is 17.5. The molecule has 0 amide bonds. The third kappa shape index (κ3) is 3.96. The highest BCUT2D eigenvalue weighted by Crippen LogP contribution is 2.23. The molecule has 4 heteroatoms. The number of nitrogens with one attached hydrogen (secondary N) is 1. The lowest BCUT2D eigenvalue weighted by Gasteiger charge is -2.42. The number of hydrogen-bond acceptors (Lipinski definition) is 2. The minimum absolute atomic E-state index is 0.426. The minimum atomic E-state index is 0.426. The van der Waals surface area contributed by atoms with Gasteiger partial charge in [-0.05, 0) is 69.2 Å². The monoisotopic (exact) mass is 353 g/mol. The number of benzene rings is 2. The summed E-state index contributed by atoms with van der Waals surface area (Å²) in [5.74, 6) is 0. The SMILES string of the molecule is Cc1ccc(N2CCN(C(=S)Nc3cccc(C)c3C)CC2C)cc1. The molecule has 0 aliphatic carbocycles. The highest BCUT2D eigenvalue weighted by molar-refractivity contribution is 7.80. The lowest BCUT2D eigenvalue weighted by atomic mass is 10.1. The molecular formula is C21H27N3S. The molecule has 1 N–H and O–H groups in total. The molecule has 2 aromatic carbocycles. The number of aryl methyl sites for hydroxylation is 2. The van der Waals surface area contributed by atoms with Crippen molar-refractivity contribution in [1.82, 2.24) is 4.90 Å². The molecule has 0 radical (unpaired) electrons. The van der Waals surface area contributed by atoms with Crippen molar-refractivity contribution < 1.29 is 0 Å². The van der Waals surface area contributed by atoms with Gasteiger partial charge in [0.1, 0.15) is 0 Å². The van der Waals surface area contributed by atoms with E-state index in [-0.39, 0.29) is 0 Å². The van der Waals surface area contributed by atoms with Crippen LogP contribution in [0.5, 0.6) is 0 Å². The molecule has 1 aliphatic heterocycles. The van der Waals surface area contributed by atoms with E-state index >= 15 is 0 Å².